The van der Waals surface area contributed by atoms with E-state index in [1.165, 1.54) is 43.9 Å². The summed E-state index contributed by atoms with van der Waals surface area (Å²) in [6, 6.07) is 5.11. The SMILES string of the molecule is O=C(CSc1nc2cc(Cl)ccc2c(=O)n1CC1CCCO1)NCC1CCCCC1. The van der Waals surface area contributed by atoms with Crippen molar-refractivity contribution in [1.29, 1.82) is 0 Å². The molecule has 0 radical (unpaired) electrons. The molecule has 1 unspecified atom stereocenters. The Morgan fingerprint density at radius 1 is 1.23 bits per heavy atom. The molecule has 1 aromatic carbocycles. The molecule has 1 atom stereocenters. The maximum atomic E-state index is 13.1. The predicted molar refractivity (Wildman–Crippen MR) is 120 cm³/mol. The molecule has 6 nitrogen and oxygen atoms in total. The highest BCUT2D eigenvalue weighted by molar-refractivity contribution is 7.99. The summed E-state index contributed by atoms with van der Waals surface area (Å²) in [6.45, 7) is 1.92. The lowest BCUT2D eigenvalue weighted by Crippen LogP contribution is -2.32. The molecule has 1 saturated heterocycles. The molecular formula is C22H28ClN3O3S. The summed E-state index contributed by atoms with van der Waals surface area (Å²) >= 11 is 7.40. The molecule has 8 heteroatoms. The van der Waals surface area contributed by atoms with Crippen molar-refractivity contribution in [3.8, 4) is 0 Å². The van der Waals surface area contributed by atoms with E-state index in [9.17, 15) is 9.59 Å². The lowest BCUT2D eigenvalue weighted by molar-refractivity contribution is -0.118. The number of hydrogen-bond donors (Lipinski definition) is 1. The molecule has 1 aliphatic heterocycles. The van der Waals surface area contributed by atoms with E-state index in [0.29, 0.717) is 33.5 Å². The molecule has 2 fully saturated rings. The zero-order valence-corrected chi connectivity index (χ0v) is 18.6. The molecule has 2 aliphatic rings. The zero-order chi connectivity index (χ0) is 20.9. The van der Waals surface area contributed by atoms with Crippen LogP contribution < -0.4 is 10.9 Å². The number of halogens is 1. The van der Waals surface area contributed by atoms with Crippen molar-refractivity contribution >= 4 is 40.2 Å². The average molecular weight is 450 g/mol. The number of fused-ring (bicyclic) bond motifs is 1. The first-order valence-corrected chi connectivity index (χ1v) is 12.2. The summed E-state index contributed by atoms with van der Waals surface area (Å²) in [5.74, 6) is 0.803. The van der Waals surface area contributed by atoms with Crippen LogP contribution in [-0.2, 0) is 16.1 Å². The van der Waals surface area contributed by atoms with Gasteiger partial charge in [0.05, 0.1) is 29.3 Å². The fourth-order valence-electron chi connectivity index (χ4n) is 4.27. The topological polar surface area (TPSA) is 73.2 Å². The van der Waals surface area contributed by atoms with Crippen LogP contribution in [0.2, 0.25) is 5.02 Å². The fourth-order valence-corrected chi connectivity index (χ4v) is 5.27. The van der Waals surface area contributed by atoms with Crippen LogP contribution in [0.4, 0.5) is 0 Å². The van der Waals surface area contributed by atoms with Crippen molar-refractivity contribution in [2.24, 2.45) is 5.92 Å². The largest absolute Gasteiger partial charge is 0.376 e. The highest BCUT2D eigenvalue weighted by Gasteiger charge is 2.21. The highest BCUT2D eigenvalue weighted by atomic mass is 35.5. The summed E-state index contributed by atoms with van der Waals surface area (Å²) in [5.41, 5.74) is 0.443. The van der Waals surface area contributed by atoms with Crippen LogP contribution in [0.3, 0.4) is 0 Å². The molecule has 1 N–H and O–H groups in total. The van der Waals surface area contributed by atoms with Crippen molar-refractivity contribution in [1.82, 2.24) is 14.9 Å². The first-order chi connectivity index (χ1) is 14.6. The maximum absolute atomic E-state index is 13.1. The lowest BCUT2D eigenvalue weighted by atomic mass is 9.89. The quantitative estimate of drug-likeness (QED) is 0.510. The molecule has 1 amide bonds. The Kier molecular flexibility index (Phi) is 7.33. The number of amides is 1. The highest BCUT2D eigenvalue weighted by Crippen LogP contribution is 2.24. The van der Waals surface area contributed by atoms with Crippen molar-refractivity contribution in [2.75, 3.05) is 18.9 Å². The molecule has 0 spiro atoms. The van der Waals surface area contributed by atoms with Gasteiger partial charge in [-0.25, -0.2) is 4.98 Å². The van der Waals surface area contributed by atoms with Gasteiger partial charge in [-0.1, -0.05) is 42.6 Å². The molecule has 30 heavy (non-hydrogen) atoms. The second-order valence-corrected chi connectivity index (χ2v) is 9.58. The smallest absolute Gasteiger partial charge is 0.262 e. The van der Waals surface area contributed by atoms with Crippen LogP contribution in [0.1, 0.15) is 44.9 Å². The van der Waals surface area contributed by atoms with E-state index in [1.807, 2.05) is 0 Å². The number of ether oxygens (including phenoxy) is 1. The summed E-state index contributed by atoms with van der Waals surface area (Å²) in [7, 11) is 0. The minimum absolute atomic E-state index is 0.00808. The number of thioether (sulfide) groups is 1. The molecule has 4 rings (SSSR count). The molecule has 2 heterocycles. The van der Waals surface area contributed by atoms with Crippen LogP contribution in [0.25, 0.3) is 10.9 Å². The molecule has 2 aromatic rings. The zero-order valence-electron chi connectivity index (χ0n) is 17.1. The van der Waals surface area contributed by atoms with Gasteiger partial charge in [-0.3, -0.25) is 14.2 Å². The average Bonchev–Trinajstić information content (AvgIpc) is 3.27. The predicted octanol–water partition coefficient (Wildman–Crippen LogP) is 4.02. The third-order valence-corrected chi connectivity index (χ3v) is 7.15. The first kappa shape index (κ1) is 21.7. The van der Waals surface area contributed by atoms with Crippen LogP contribution in [0, 0.1) is 5.92 Å². The first-order valence-electron chi connectivity index (χ1n) is 10.8. The van der Waals surface area contributed by atoms with Crippen molar-refractivity contribution in [2.45, 2.75) is 62.8 Å². The Bertz CT molecular complexity index is 953. The number of rotatable bonds is 7. The fraction of sp³-hybridized carbons (Fsp3) is 0.591. The maximum Gasteiger partial charge on any atom is 0.262 e. The second-order valence-electron chi connectivity index (χ2n) is 8.20. The number of carbonyl (C=O) groups is 1. The van der Waals surface area contributed by atoms with Gasteiger partial charge in [0.15, 0.2) is 5.16 Å². The van der Waals surface area contributed by atoms with Gasteiger partial charge in [-0.05, 0) is 49.8 Å². The normalized spacial score (nSPS) is 20.0. The standard InChI is InChI=1S/C22H28ClN3O3S/c23-16-8-9-18-19(11-16)25-22(26(21(18)28)13-17-7-4-10-29-17)30-14-20(27)24-12-15-5-2-1-3-6-15/h8-9,11,15,17H,1-7,10,12-14H2,(H,24,27). The van der Waals surface area contributed by atoms with Crippen LogP contribution >= 0.6 is 23.4 Å². The van der Waals surface area contributed by atoms with Crippen LogP contribution in [0.15, 0.2) is 28.2 Å². The van der Waals surface area contributed by atoms with Crippen molar-refractivity contribution in [3.63, 3.8) is 0 Å². The number of carbonyl (C=O) groups excluding carboxylic acids is 1. The molecule has 1 aliphatic carbocycles. The molecule has 0 bridgehead atoms. The van der Waals surface area contributed by atoms with Gasteiger partial charge < -0.3 is 10.1 Å². The van der Waals surface area contributed by atoms with E-state index in [-0.39, 0.29) is 23.3 Å². The summed E-state index contributed by atoms with van der Waals surface area (Å²) in [5, 5.41) is 4.66. The van der Waals surface area contributed by atoms with E-state index in [0.717, 1.165) is 26.0 Å². The summed E-state index contributed by atoms with van der Waals surface area (Å²) in [4.78, 5) is 30.2. The Hall–Kier alpha value is -1.57. The number of nitrogens with zero attached hydrogens (tertiary/aromatic N) is 2. The Morgan fingerprint density at radius 2 is 2.07 bits per heavy atom. The molecule has 1 saturated carbocycles. The van der Waals surface area contributed by atoms with Gasteiger partial charge in [0.25, 0.3) is 5.56 Å². The van der Waals surface area contributed by atoms with E-state index in [4.69, 9.17) is 16.3 Å². The van der Waals surface area contributed by atoms with Gasteiger partial charge in [-0.15, -0.1) is 0 Å². The van der Waals surface area contributed by atoms with Gasteiger partial charge >= 0.3 is 0 Å². The van der Waals surface area contributed by atoms with Gasteiger partial charge in [0.1, 0.15) is 0 Å². The minimum Gasteiger partial charge on any atom is -0.376 e. The Labute approximate surface area is 185 Å². The van der Waals surface area contributed by atoms with Crippen LogP contribution in [0.5, 0.6) is 0 Å². The van der Waals surface area contributed by atoms with Crippen molar-refractivity contribution < 1.29 is 9.53 Å². The summed E-state index contributed by atoms with van der Waals surface area (Å²) in [6.07, 6.45) is 8.15. The Balaban J connectivity index is 1.49. The van der Waals surface area contributed by atoms with Gasteiger partial charge in [0, 0.05) is 18.2 Å². The third kappa shape index (κ3) is 5.37. The van der Waals surface area contributed by atoms with Crippen LogP contribution in [-0.4, -0.2) is 40.5 Å². The second kappa shape index (κ2) is 10.2. The number of hydrogen-bond acceptors (Lipinski definition) is 5. The number of nitrogens with one attached hydrogen (secondary N) is 1. The molecule has 162 valence electrons. The van der Waals surface area contributed by atoms with E-state index in [2.05, 4.69) is 10.3 Å². The number of benzene rings is 1. The van der Waals surface area contributed by atoms with Crippen molar-refractivity contribution in [3.05, 3.63) is 33.6 Å². The monoisotopic (exact) mass is 449 g/mol. The van der Waals surface area contributed by atoms with E-state index in [1.54, 1.807) is 22.8 Å². The van der Waals surface area contributed by atoms with E-state index >= 15 is 0 Å². The van der Waals surface area contributed by atoms with E-state index < -0.39 is 0 Å². The third-order valence-electron chi connectivity index (χ3n) is 5.94. The number of aromatic nitrogens is 2. The minimum atomic E-state index is -0.114. The lowest BCUT2D eigenvalue weighted by Gasteiger charge is -2.21. The van der Waals surface area contributed by atoms with Gasteiger partial charge in [-0.2, -0.15) is 0 Å². The van der Waals surface area contributed by atoms with Gasteiger partial charge in [0.2, 0.25) is 5.91 Å². The molecular weight excluding hydrogens is 422 g/mol. The molecule has 1 aromatic heterocycles. The Morgan fingerprint density at radius 3 is 2.83 bits per heavy atom. The summed E-state index contributed by atoms with van der Waals surface area (Å²) < 4.78 is 7.39.